The Labute approximate surface area is 117 Å². The van der Waals surface area contributed by atoms with Crippen LogP contribution < -0.4 is 9.62 Å². The number of amides is 1. The fourth-order valence-corrected chi connectivity index (χ4v) is 2.98. The molecule has 1 aromatic heterocycles. The van der Waals surface area contributed by atoms with Crippen molar-refractivity contribution in [2.45, 2.75) is 0 Å². The Morgan fingerprint density at radius 1 is 1.30 bits per heavy atom. The number of carbonyl (C=O) groups excluding carboxylic acids is 1. The molecule has 1 amide bonds. The van der Waals surface area contributed by atoms with Gasteiger partial charge < -0.3 is 9.64 Å². The van der Waals surface area contributed by atoms with Crippen molar-refractivity contribution in [1.29, 1.82) is 0 Å². The molecule has 1 aromatic rings. The van der Waals surface area contributed by atoms with Crippen LogP contribution in [0.25, 0.3) is 0 Å². The molecule has 0 spiro atoms. The van der Waals surface area contributed by atoms with Crippen LogP contribution in [-0.4, -0.2) is 57.1 Å². The molecule has 2 heterocycles. The van der Waals surface area contributed by atoms with Gasteiger partial charge in [0.05, 0.1) is 7.11 Å². The van der Waals surface area contributed by atoms with E-state index in [4.69, 9.17) is 0 Å². The molecule has 0 radical (unpaired) electrons. The predicted octanol–water partition coefficient (Wildman–Crippen LogP) is -0.196. The highest BCUT2D eigenvalue weighted by atomic mass is 32.2. The van der Waals surface area contributed by atoms with Gasteiger partial charge in [0.1, 0.15) is 5.82 Å². The van der Waals surface area contributed by atoms with Gasteiger partial charge in [-0.3, -0.25) is 0 Å². The van der Waals surface area contributed by atoms with Crippen LogP contribution in [0.2, 0.25) is 0 Å². The van der Waals surface area contributed by atoms with Gasteiger partial charge in [-0.15, -0.1) is 0 Å². The van der Waals surface area contributed by atoms with Gasteiger partial charge in [0.15, 0.2) is 0 Å². The summed E-state index contributed by atoms with van der Waals surface area (Å²) in [4.78, 5) is 17.2. The van der Waals surface area contributed by atoms with E-state index >= 15 is 0 Å². The van der Waals surface area contributed by atoms with E-state index < -0.39 is 16.3 Å². The maximum atomic E-state index is 11.9. The molecule has 8 nitrogen and oxygen atoms in total. The molecule has 1 aliphatic heterocycles. The molecule has 0 aliphatic carbocycles. The van der Waals surface area contributed by atoms with Crippen LogP contribution in [0, 0.1) is 0 Å². The van der Waals surface area contributed by atoms with Crippen molar-refractivity contribution in [2.75, 3.05) is 38.2 Å². The molecule has 1 fully saturated rings. The number of aromatic nitrogens is 1. The Balaban J connectivity index is 1.96. The molecule has 110 valence electrons. The Morgan fingerprint density at radius 3 is 2.55 bits per heavy atom. The summed E-state index contributed by atoms with van der Waals surface area (Å²) in [6, 6.07) is 5.58. The highest BCUT2D eigenvalue weighted by molar-refractivity contribution is 7.87. The number of ether oxygens (including phenoxy) is 1. The second-order valence-electron chi connectivity index (χ2n) is 4.17. The van der Waals surface area contributed by atoms with Gasteiger partial charge in [-0.2, -0.15) is 12.7 Å². The Kier molecular flexibility index (Phi) is 4.40. The monoisotopic (exact) mass is 300 g/mol. The molecule has 0 atom stereocenters. The maximum absolute atomic E-state index is 11.9. The van der Waals surface area contributed by atoms with Crippen molar-refractivity contribution in [3.63, 3.8) is 0 Å². The molecule has 0 bridgehead atoms. The van der Waals surface area contributed by atoms with Gasteiger partial charge in [-0.25, -0.2) is 14.5 Å². The molecule has 0 saturated carbocycles. The molecule has 1 saturated heterocycles. The van der Waals surface area contributed by atoms with Crippen molar-refractivity contribution in [3.05, 3.63) is 24.4 Å². The SMILES string of the molecule is COC(=O)NS(=O)(=O)N1CCN(c2ccccn2)CC1. The molecular weight excluding hydrogens is 284 g/mol. The second kappa shape index (κ2) is 6.06. The number of methoxy groups -OCH3 is 1. The van der Waals surface area contributed by atoms with Gasteiger partial charge in [0, 0.05) is 32.4 Å². The predicted molar refractivity (Wildman–Crippen MR) is 72.5 cm³/mol. The number of carbonyl (C=O) groups is 1. The van der Waals surface area contributed by atoms with E-state index in [1.165, 1.54) is 4.31 Å². The topological polar surface area (TPSA) is 91.8 Å². The minimum absolute atomic E-state index is 0.281. The first-order valence-electron chi connectivity index (χ1n) is 6.05. The van der Waals surface area contributed by atoms with Crippen molar-refractivity contribution in [3.8, 4) is 0 Å². The lowest BCUT2D eigenvalue weighted by molar-refractivity contribution is 0.177. The summed E-state index contributed by atoms with van der Waals surface area (Å²) in [5.41, 5.74) is 0. The van der Waals surface area contributed by atoms with E-state index in [2.05, 4.69) is 9.72 Å². The second-order valence-corrected chi connectivity index (χ2v) is 5.84. The van der Waals surface area contributed by atoms with Gasteiger partial charge in [0.2, 0.25) is 0 Å². The van der Waals surface area contributed by atoms with E-state index in [0.29, 0.717) is 13.1 Å². The van der Waals surface area contributed by atoms with E-state index in [0.717, 1.165) is 12.9 Å². The number of rotatable bonds is 3. The van der Waals surface area contributed by atoms with Crippen LogP contribution in [0.4, 0.5) is 10.6 Å². The van der Waals surface area contributed by atoms with Crippen molar-refractivity contribution < 1.29 is 17.9 Å². The summed E-state index contributed by atoms with van der Waals surface area (Å²) in [7, 11) is -2.72. The molecule has 1 aliphatic rings. The molecular formula is C11H16N4O4S. The average Bonchev–Trinajstić information content (AvgIpc) is 2.48. The van der Waals surface area contributed by atoms with Crippen LogP contribution in [0.15, 0.2) is 24.4 Å². The molecule has 20 heavy (non-hydrogen) atoms. The summed E-state index contributed by atoms with van der Waals surface area (Å²) in [6.45, 7) is 1.59. The lowest BCUT2D eigenvalue weighted by Gasteiger charge is -2.34. The zero-order chi connectivity index (χ0) is 14.6. The molecule has 2 rings (SSSR count). The molecule has 0 aromatic carbocycles. The smallest absolute Gasteiger partial charge is 0.421 e. The van der Waals surface area contributed by atoms with Crippen molar-refractivity contribution in [1.82, 2.24) is 14.0 Å². The fraction of sp³-hybridized carbons (Fsp3) is 0.455. The van der Waals surface area contributed by atoms with E-state index in [-0.39, 0.29) is 13.1 Å². The number of anilines is 1. The van der Waals surface area contributed by atoms with Crippen LogP contribution in [-0.2, 0) is 14.9 Å². The number of piperazine rings is 1. The Hall–Kier alpha value is -1.87. The fourth-order valence-electron chi connectivity index (χ4n) is 1.91. The first-order chi connectivity index (χ1) is 9.53. The Morgan fingerprint density at radius 2 is 2.00 bits per heavy atom. The minimum Gasteiger partial charge on any atom is -0.452 e. The molecule has 0 unspecified atom stereocenters. The van der Waals surface area contributed by atoms with Crippen LogP contribution in [0.5, 0.6) is 0 Å². The third kappa shape index (κ3) is 3.36. The van der Waals surface area contributed by atoms with E-state index in [1.54, 1.807) is 6.20 Å². The lowest BCUT2D eigenvalue weighted by Crippen LogP contribution is -2.53. The summed E-state index contributed by atoms with van der Waals surface area (Å²) in [5.74, 6) is 0.811. The standard InChI is InChI=1S/C11H16N4O4S/c1-19-11(16)13-20(17,18)15-8-6-14(7-9-15)10-4-2-3-5-12-10/h2-5H,6-9H2,1H3,(H,13,16). The van der Waals surface area contributed by atoms with Gasteiger partial charge in [0.25, 0.3) is 0 Å². The highest BCUT2D eigenvalue weighted by Gasteiger charge is 2.28. The summed E-state index contributed by atoms with van der Waals surface area (Å²) in [6.07, 6.45) is 0.703. The lowest BCUT2D eigenvalue weighted by atomic mass is 10.3. The van der Waals surface area contributed by atoms with Crippen LogP contribution in [0.1, 0.15) is 0 Å². The summed E-state index contributed by atoms with van der Waals surface area (Å²) in [5, 5.41) is 0. The van der Waals surface area contributed by atoms with Crippen molar-refractivity contribution >= 4 is 22.1 Å². The summed E-state index contributed by atoms with van der Waals surface area (Å²) < 4.78 is 31.1. The third-order valence-corrected chi connectivity index (χ3v) is 4.42. The van der Waals surface area contributed by atoms with Gasteiger partial charge in [-0.05, 0) is 12.1 Å². The number of hydrogen-bond acceptors (Lipinski definition) is 6. The van der Waals surface area contributed by atoms with E-state index in [1.807, 2.05) is 27.8 Å². The average molecular weight is 300 g/mol. The Bertz CT molecular complexity index is 555. The minimum atomic E-state index is -3.84. The first kappa shape index (κ1) is 14.5. The van der Waals surface area contributed by atoms with Crippen molar-refractivity contribution in [2.24, 2.45) is 0 Å². The molecule has 9 heteroatoms. The zero-order valence-electron chi connectivity index (χ0n) is 11.0. The number of nitrogens with zero attached hydrogens (tertiary/aromatic N) is 3. The zero-order valence-corrected chi connectivity index (χ0v) is 11.8. The van der Waals surface area contributed by atoms with Crippen LogP contribution in [0.3, 0.4) is 0 Å². The summed E-state index contributed by atoms with van der Waals surface area (Å²) >= 11 is 0. The van der Waals surface area contributed by atoms with E-state index in [9.17, 15) is 13.2 Å². The first-order valence-corrected chi connectivity index (χ1v) is 7.49. The number of pyridine rings is 1. The number of hydrogen-bond donors (Lipinski definition) is 1. The normalized spacial score (nSPS) is 16.8. The quantitative estimate of drug-likeness (QED) is 0.831. The van der Waals surface area contributed by atoms with Gasteiger partial charge >= 0.3 is 16.3 Å². The number of nitrogens with one attached hydrogen (secondary N) is 1. The van der Waals surface area contributed by atoms with Gasteiger partial charge in [-0.1, -0.05) is 6.07 Å². The molecule has 1 N–H and O–H groups in total. The highest BCUT2D eigenvalue weighted by Crippen LogP contribution is 2.13. The largest absolute Gasteiger partial charge is 0.452 e. The third-order valence-electron chi connectivity index (χ3n) is 2.95. The van der Waals surface area contributed by atoms with Crippen LogP contribution >= 0.6 is 0 Å². The maximum Gasteiger partial charge on any atom is 0.421 e.